The van der Waals surface area contributed by atoms with Crippen molar-refractivity contribution >= 4 is 0 Å². The molecule has 0 aromatic heterocycles. The van der Waals surface area contributed by atoms with Crippen molar-refractivity contribution in [1.29, 1.82) is 0 Å². The lowest BCUT2D eigenvalue weighted by molar-refractivity contribution is 0.393. The number of allylic oxidation sites excluding steroid dienone is 4. The first-order valence-corrected chi connectivity index (χ1v) is 8.55. The van der Waals surface area contributed by atoms with Crippen molar-refractivity contribution in [2.24, 2.45) is 5.92 Å². The summed E-state index contributed by atoms with van der Waals surface area (Å²) < 4.78 is 5.36. The fourth-order valence-corrected chi connectivity index (χ4v) is 3.33. The van der Waals surface area contributed by atoms with Crippen LogP contribution in [-0.4, -0.2) is 7.11 Å². The second-order valence-electron chi connectivity index (χ2n) is 6.78. The average molecular weight is 298 g/mol. The summed E-state index contributed by atoms with van der Waals surface area (Å²) >= 11 is 0. The Balaban J connectivity index is 1.92. The molecule has 2 unspecified atom stereocenters. The van der Waals surface area contributed by atoms with Crippen LogP contribution in [0.1, 0.15) is 64.4 Å². The van der Waals surface area contributed by atoms with E-state index in [4.69, 9.17) is 4.74 Å². The number of ether oxygens (including phenoxy) is 1. The van der Waals surface area contributed by atoms with E-state index < -0.39 is 0 Å². The molecule has 0 aliphatic heterocycles. The van der Waals surface area contributed by atoms with Gasteiger partial charge in [0, 0.05) is 0 Å². The molecule has 0 N–H and O–H groups in total. The Labute approximate surface area is 136 Å². The van der Waals surface area contributed by atoms with Crippen molar-refractivity contribution in [1.82, 2.24) is 0 Å². The molecular weight excluding hydrogens is 268 g/mol. The predicted molar refractivity (Wildman–Crippen MR) is 95.5 cm³/mol. The van der Waals surface area contributed by atoms with Crippen molar-refractivity contribution in [2.75, 3.05) is 7.11 Å². The molecule has 1 aliphatic carbocycles. The van der Waals surface area contributed by atoms with Gasteiger partial charge in [0.1, 0.15) is 5.75 Å². The van der Waals surface area contributed by atoms with Crippen LogP contribution in [0.25, 0.3) is 0 Å². The van der Waals surface area contributed by atoms with E-state index >= 15 is 0 Å². The lowest BCUT2D eigenvalue weighted by Gasteiger charge is -2.28. The van der Waals surface area contributed by atoms with Crippen LogP contribution < -0.4 is 4.74 Å². The molecule has 1 aromatic rings. The summed E-state index contributed by atoms with van der Waals surface area (Å²) in [6.07, 6.45) is 11.1. The maximum atomic E-state index is 5.36. The minimum atomic E-state index is 0.602. The van der Waals surface area contributed by atoms with Gasteiger partial charge in [-0.25, -0.2) is 0 Å². The molecule has 0 spiro atoms. The van der Waals surface area contributed by atoms with Gasteiger partial charge in [0.25, 0.3) is 0 Å². The molecule has 1 nitrogen and oxygen atoms in total. The van der Waals surface area contributed by atoms with E-state index in [1.807, 2.05) is 6.07 Å². The molecule has 0 amide bonds. The smallest absolute Gasteiger partial charge is 0.119 e. The Hall–Kier alpha value is -1.50. The van der Waals surface area contributed by atoms with E-state index in [0.29, 0.717) is 5.92 Å². The second-order valence-corrected chi connectivity index (χ2v) is 6.78. The van der Waals surface area contributed by atoms with Crippen LogP contribution in [0.4, 0.5) is 0 Å². The van der Waals surface area contributed by atoms with Crippen LogP contribution in [0, 0.1) is 5.92 Å². The summed E-state index contributed by atoms with van der Waals surface area (Å²) in [6, 6.07) is 8.56. The quantitative estimate of drug-likeness (QED) is 0.562. The van der Waals surface area contributed by atoms with Crippen molar-refractivity contribution in [2.45, 2.75) is 58.8 Å². The van der Waals surface area contributed by atoms with E-state index in [2.05, 4.69) is 51.1 Å². The molecule has 0 heterocycles. The van der Waals surface area contributed by atoms with Gasteiger partial charge >= 0.3 is 0 Å². The molecule has 1 aliphatic rings. The molecule has 22 heavy (non-hydrogen) atoms. The number of methoxy groups -OCH3 is 1. The van der Waals surface area contributed by atoms with Crippen molar-refractivity contribution < 1.29 is 4.74 Å². The highest BCUT2D eigenvalue weighted by Crippen LogP contribution is 2.37. The number of rotatable bonds is 6. The minimum absolute atomic E-state index is 0.602. The lowest BCUT2D eigenvalue weighted by atomic mass is 9.78. The minimum Gasteiger partial charge on any atom is -0.497 e. The molecule has 0 bridgehead atoms. The Kier molecular flexibility index (Phi) is 6.30. The van der Waals surface area contributed by atoms with Gasteiger partial charge in [-0.1, -0.05) is 42.4 Å². The number of hydrogen-bond donors (Lipinski definition) is 0. The zero-order valence-corrected chi connectivity index (χ0v) is 14.6. The highest BCUT2D eigenvalue weighted by Gasteiger charge is 2.21. The molecule has 120 valence electrons. The van der Waals surface area contributed by atoms with Crippen LogP contribution >= 0.6 is 0 Å². The van der Waals surface area contributed by atoms with E-state index in [1.165, 1.54) is 43.2 Å². The van der Waals surface area contributed by atoms with E-state index in [0.717, 1.165) is 11.7 Å². The van der Waals surface area contributed by atoms with Crippen LogP contribution in [0.15, 0.2) is 47.6 Å². The molecule has 2 atom stereocenters. The Bertz CT molecular complexity index is 535. The molecule has 0 fully saturated rings. The summed E-state index contributed by atoms with van der Waals surface area (Å²) in [7, 11) is 1.74. The fraction of sp³-hybridized carbons (Fsp3) is 0.524. The molecular formula is C21H30O. The molecule has 1 heteroatoms. The van der Waals surface area contributed by atoms with Crippen molar-refractivity contribution in [3.8, 4) is 5.75 Å². The third kappa shape index (κ3) is 4.76. The third-order valence-corrected chi connectivity index (χ3v) is 4.89. The summed E-state index contributed by atoms with van der Waals surface area (Å²) in [5, 5.41) is 0. The SMILES string of the molecule is COc1cccc(C(C)C2CC=C(CCC=C(C)C)CC2)c1. The first-order valence-electron chi connectivity index (χ1n) is 8.55. The summed E-state index contributed by atoms with van der Waals surface area (Å²) in [4.78, 5) is 0. The topological polar surface area (TPSA) is 9.23 Å². The van der Waals surface area contributed by atoms with Crippen molar-refractivity contribution in [3.05, 3.63) is 53.1 Å². The van der Waals surface area contributed by atoms with E-state index in [9.17, 15) is 0 Å². The zero-order valence-electron chi connectivity index (χ0n) is 14.6. The maximum Gasteiger partial charge on any atom is 0.119 e. The lowest BCUT2D eigenvalue weighted by Crippen LogP contribution is -2.13. The summed E-state index contributed by atoms with van der Waals surface area (Å²) in [5.74, 6) is 2.34. The van der Waals surface area contributed by atoms with Crippen LogP contribution in [0.2, 0.25) is 0 Å². The summed E-state index contributed by atoms with van der Waals surface area (Å²) in [6.45, 7) is 6.73. The first-order chi connectivity index (χ1) is 10.6. The van der Waals surface area contributed by atoms with Gasteiger partial charge in [-0.05, 0) is 75.5 Å². The number of hydrogen-bond acceptors (Lipinski definition) is 1. The summed E-state index contributed by atoms with van der Waals surface area (Å²) in [5.41, 5.74) is 4.50. The van der Waals surface area contributed by atoms with Gasteiger partial charge in [0.15, 0.2) is 0 Å². The van der Waals surface area contributed by atoms with Gasteiger partial charge in [0.2, 0.25) is 0 Å². The van der Waals surface area contributed by atoms with Gasteiger partial charge in [-0.15, -0.1) is 0 Å². The monoisotopic (exact) mass is 298 g/mol. The van der Waals surface area contributed by atoms with E-state index in [1.54, 1.807) is 12.7 Å². The highest BCUT2D eigenvalue weighted by atomic mass is 16.5. The predicted octanol–water partition coefficient (Wildman–Crippen LogP) is 6.27. The molecule has 1 aromatic carbocycles. The Morgan fingerprint density at radius 3 is 2.82 bits per heavy atom. The Morgan fingerprint density at radius 1 is 1.36 bits per heavy atom. The third-order valence-electron chi connectivity index (χ3n) is 4.89. The average Bonchev–Trinajstić information content (AvgIpc) is 2.54. The zero-order chi connectivity index (χ0) is 15.9. The molecule has 2 rings (SSSR count). The standard InChI is InChI=1S/C21H30O/c1-16(2)7-5-8-18-11-13-19(14-12-18)17(3)20-9-6-10-21(15-20)22-4/h6-7,9-11,15,17,19H,5,8,12-14H2,1-4H3. The molecule has 0 saturated heterocycles. The molecule has 0 radical (unpaired) electrons. The number of benzene rings is 1. The van der Waals surface area contributed by atoms with Crippen LogP contribution in [0.3, 0.4) is 0 Å². The maximum absolute atomic E-state index is 5.36. The van der Waals surface area contributed by atoms with Gasteiger partial charge < -0.3 is 4.74 Å². The first kappa shape index (κ1) is 16.9. The van der Waals surface area contributed by atoms with E-state index in [-0.39, 0.29) is 0 Å². The van der Waals surface area contributed by atoms with Gasteiger partial charge in [0.05, 0.1) is 7.11 Å². The van der Waals surface area contributed by atoms with Crippen LogP contribution in [-0.2, 0) is 0 Å². The molecule has 0 saturated carbocycles. The second kappa shape index (κ2) is 8.22. The van der Waals surface area contributed by atoms with Crippen molar-refractivity contribution in [3.63, 3.8) is 0 Å². The largest absolute Gasteiger partial charge is 0.497 e. The van der Waals surface area contributed by atoms with Crippen LogP contribution in [0.5, 0.6) is 5.75 Å². The Morgan fingerprint density at radius 2 is 2.18 bits per heavy atom. The highest BCUT2D eigenvalue weighted by molar-refractivity contribution is 5.31. The normalized spacial score (nSPS) is 19.3. The van der Waals surface area contributed by atoms with Gasteiger partial charge in [-0.3, -0.25) is 0 Å². The van der Waals surface area contributed by atoms with Gasteiger partial charge in [-0.2, -0.15) is 0 Å². The fourth-order valence-electron chi connectivity index (χ4n) is 3.33.